The molecule has 0 saturated heterocycles. The van der Waals surface area contributed by atoms with Crippen molar-refractivity contribution in [3.63, 3.8) is 0 Å². The van der Waals surface area contributed by atoms with Gasteiger partial charge in [-0.05, 0) is 55.5 Å². The molecular weight excluding hydrogens is 396 g/mol. The van der Waals surface area contributed by atoms with Crippen molar-refractivity contribution in [1.29, 1.82) is 0 Å². The molecule has 0 radical (unpaired) electrons. The first-order valence-electron chi connectivity index (χ1n) is 9.75. The normalized spacial score (nSPS) is 10.7. The van der Waals surface area contributed by atoms with Crippen LogP contribution in [0.25, 0.3) is 17.1 Å². The van der Waals surface area contributed by atoms with Gasteiger partial charge in [0.2, 0.25) is 0 Å². The largest absolute Gasteiger partial charge is 0.494 e. The number of para-hydroxylation sites is 1. The SMILES string of the molecule is CCOc1ccc(OCCSc2nnc(-c3ccncc3)n2-c2ccccc2)cc1. The molecule has 0 amide bonds. The second-order valence-corrected chi connectivity index (χ2v) is 7.38. The Morgan fingerprint density at radius 3 is 2.23 bits per heavy atom. The highest BCUT2D eigenvalue weighted by Gasteiger charge is 2.15. The summed E-state index contributed by atoms with van der Waals surface area (Å²) in [6, 6.07) is 21.7. The third-order valence-electron chi connectivity index (χ3n) is 4.30. The van der Waals surface area contributed by atoms with Crippen molar-refractivity contribution >= 4 is 11.8 Å². The Morgan fingerprint density at radius 2 is 1.53 bits per heavy atom. The molecule has 2 heterocycles. The van der Waals surface area contributed by atoms with Crippen LogP contribution in [0, 0.1) is 0 Å². The number of nitrogens with zero attached hydrogens (tertiary/aromatic N) is 4. The molecule has 0 atom stereocenters. The summed E-state index contributed by atoms with van der Waals surface area (Å²) in [5, 5.41) is 9.69. The van der Waals surface area contributed by atoms with Gasteiger partial charge in [-0.25, -0.2) is 0 Å². The van der Waals surface area contributed by atoms with Crippen LogP contribution in [0.5, 0.6) is 11.5 Å². The quantitative estimate of drug-likeness (QED) is 0.285. The predicted molar refractivity (Wildman–Crippen MR) is 118 cm³/mol. The number of thioether (sulfide) groups is 1. The van der Waals surface area contributed by atoms with Gasteiger partial charge in [-0.3, -0.25) is 9.55 Å². The first-order valence-corrected chi connectivity index (χ1v) is 10.7. The summed E-state index contributed by atoms with van der Waals surface area (Å²) >= 11 is 1.61. The summed E-state index contributed by atoms with van der Waals surface area (Å²) in [6.07, 6.45) is 3.52. The molecule has 4 rings (SSSR count). The molecule has 0 unspecified atom stereocenters. The van der Waals surface area contributed by atoms with Gasteiger partial charge in [0, 0.05) is 29.4 Å². The Bertz CT molecular complexity index is 1050. The molecule has 6 nitrogen and oxygen atoms in total. The zero-order valence-corrected chi connectivity index (χ0v) is 17.5. The average molecular weight is 419 g/mol. The maximum atomic E-state index is 5.86. The van der Waals surface area contributed by atoms with E-state index in [1.807, 2.05) is 61.5 Å². The first-order chi connectivity index (χ1) is 14.8. The lowest BCUT2D eigenvalue weighted by Gasteiger charge is -2.11. The molecule has 30 heavy (non-hydrogen) atoms. The minimum atomic E-state index is 0.560. The lowest BCUT2D eigenvalue weighted by atomic mass is 10.2. The highest BCUT2D eigenvalue weighted by Crippen LogP contribution is 2.27. The summed E-state index contributed by atoms with van der Waals surface area (Å²) in [5.74, 6) is 3.20. The standard InChI is InChI=1S/C23H22N4O2S/c1-2-28-20-8-10-21(11-9-20)29-16-17-30-23-26-25-22(18-12-14-24-15-13-18)27(23)19-6-4-3-5-7-19/h3-15H,2,16-17H2,1H3. The molecule has 152 valence electrons. The minimum absolute atomic E-state index is 0.560. The van der Waals surface area contributed by atoms with Crippen LogP contribution in [-0.2, 0) is 0 Å². The Balaban J connectivity index is 1.46. The van der Waals surface area contributed by atoms with E-state index in [1.54, 1.807) is 24.2 Å². The van der Waals surface area contributed by atoms with Crippen LogP contribution in [0.4, 0.5) is 0 Å². The van der Waals surface area contributed by atoms with E-state index in [4.69, 9.17) is 9.47 Å². The van der Waals surface area contributed by atoms with Crippen LogP contribution in [0.15, 0.2) is 84.3 Å². The number of aromatic nitrogens is 4. The number of pyridine rings is 1. The number of hydrogen-bond acceptors (Lipinski definition) is 6. The van der Waals surface area contributed by atoms with E-state index in [2.05, 4.69) is 31.9 Å². The van der Waals surface area contributed by atoms with Crippen LogP contribution in [0.2, 0.25) is 0 Å². The Morgan fingerprint density at radius 1 is 0.833 bits per heavy atom. The van der Waals surface area contributed by atoms with Crippen molar-refractivity contribution in [3.05, 3.63) is 79.1 Å². The maximum Gasteiger partial charge on any atom is 0.196 e. The average Bonchev–Trinajstić information content (AvgIpc) is 3.23. The molecule has 0 aliphatic rings. The van der Waals surface area contributed by atoms with Crippen LogP contribution >= 0.6 is 11.8 Å². The molecule has 0 aliphatic heterocycles. The van der Waals surface area contributed by atoms with Gasteiger partial charge in [0.25, 0.3) is 0 Å². The molecule has 7 heteroatoms. The monoisotopic (exact) mass is 418 g/mol. The molecule has 0 saturated carbocycles. The molecule has 2 aromatic heterocycles. The summed E-state index contributed by atoms with van der Waals surface area (Å²) in [5.41, 5.74) is 1.99. The molecule has 4 aromatic rings. The van der Waals surface area contributed by atoms with Gasteiger partial charge in [-0.1, -0.05) is 30.0 Å². The van der Waals surface area contributed by atoms with Crippen molar-refractivity contribution in [2.45, 2.75) is 12.1 Å². The van der Waals surface area contributed by atoms with Crippen molar-refractivity contribution in [1.82, 2.24) is 19.7 Å². The smallest absolute Gasteiger partial charge is 0.196 e. The second-order valence-electron chi connectivity index (χ2n) is 6.31. The lowest BCUT2D eigenvalue weighted by molar-refractivity contribution is 0.332. The third-order valence-corrected chi connectivity index (χ3v) is 5.20. The Hall–Kier alpha value is -3.32. The molecule has 0 aliphatic carbocycles. The van der Waals surface area contributed by atoms with Gasteiger partial charge in [-0.2, -0.15) is 0 Å². The minimum Gasteiger partial charge on any atom is -0.494 e. The van der Waals surface area contributed by atoms with E-state index in [0.717, 1.165) is 39.5 Å². The van der Waals surface area contributed by atoms with Crippen molar-refractivity contribution in [2.24, 2.45) is 0 Å². The van der Waals surface area contributed by atoms with Crippen LogP contribution in [0.1, 0.15) is 6.92 Å². The zero-order valence-electron chi connectivity index (χ0n) is 16.6. The van der Waals surface area contributed by atoms with E-state index in [1.165, 1.54) is 0 Å². The number of hydrogen-bond donors (Lipinski definition) is 0. The van der Waals surface area contributed by atoms with Gasteiger partial charge < -0.3 is 9.47 Å². The highest BCUT2D eigenvalue weighted by atomic mass is 32.2. The van der Waals surface area contributed by atoms with Crippen molar-refractivity contribution in [3.8, 4) is 28.6 Å². The summed E-state index contributed by atoms with van der Waals surface area (Å²) in [7, 11) is 0. The summed E-state index contributed by atoms with van der Waals surface area (Å²) in [4.78, 5) is 4.10. The molecule has 0 spiro atoms. The maximum absolute atomic E-state index is 5.86. The van der Waals surface area contributed by atoms with E-state index in [9.17, 15) is 0 Å². The van der Waals surface area contributed by atoms with E-state index >= 15 is 0 Å². The van der Waals surface area contributed by atoms with Crippen molar-refractivity contribution < 1.29 is 9.47 Å². The van der Waals surface area contributed by atoms with Gasteiger partial charge in [0.05, 0.1) is 13.2 Å². The molecule has 0 bridgehead atoms. The number of ether oxygens (including phenoxy) is 2. The number of rotatable bonds is 9. The van der Waals surface area contributed by atoms with Crippen LogP contribution in [0.3, 0.4) is 0 Å². The fourth-order valence-corrected chi connectivity index (χ4v) is 3.72. The Labute approximate surface area is 179 Å². The van der Waals surface area contributed by atoms with E-state index < -0.39 is 0 Å². The fraction of sp³-hybridized carbons (Fsp3) is 0.174. The first kappa shape index (κ1) is 20.0. The van der Waals surface area contributed by atoms with Crippen molar-refractivity contribution in [2.75, 3.05) is 19.0 Å². The van der Waals surface area contributed by atoms with Crippen LogP contribution < -0.4 is 9.47 Å². The van der Waals surface area contributed by atoms with E-state index in [0.29, 0.717) is 13.2 Å². The van der Waals surface area contributed by atoms with Gasteiger partial charge >= 0.3 is 0 Å². The molecule has 0 N–H and O–H groups in total. The highest BCUT2D eigenvalue weighted by molar-refractivity contribution is 7.99. The Kier molecular flexibility index (Phi) is 6.61. The van der Waals surface area contributed by atoms with Crippen LogP contribution in [-0.4, -0.2) is 38.7 Å². The number of benzene rings is 2. The topological polar surface area (TPSA) is 62.1 Å². The fourth-order valence-electron chi connectivity index (χ4n) is 2.95. The van der Waals surface area contributed by atoms with Gasteiger partial charge in [0.15, 0.2) is 11.0 Å². The molecule has 0 fully saturated rings. The molecular formula is C23H22N4O2S. The van der Waals surface area contributed by atoms with Gasteiger partial charge in [-0.15, -0.1) is 10.2 Å². The second kappa shape index (κ2) is 9.93. The predicted octanol–water partition coefficient (Wildman–Crippen LogP) is 4.90. The lowest BCUT2D eigenvalue weighted by Crippen LogP contribution is -2.03. The summed E-state index contributed by atoms with van der Waals surface area (Å²) < 4.78 is 13.4. The van der Waals surface area contributed by atoms with E-state index in [-0.39, 0.29) is 0 Å². The summed E-state index contributed by atoms with van der Waals surface area (Å²) in [6.45, 7) is 3.18. The van der Waals surface area contributed by atoms with Gasteiger partial charge in [0.1, 0.15) is 11.5 Å². The molecule has 2 aromatic carbocycles. The zero-order chi connectivity index (χ0) is 20.6. The third kappa shape index (κ3) is 4.80.